The maximum atomic E-state index is 10.9. The van der Waals surface area contributed by atoms with Gasteiger partial charge in [-0.05, 0) is 31.2 Å². The van der Waals surface area contributed by atoms with Crippen LogP contribution in [0.4, 0.5) is 0 Å². The van der Waals surface area contributed by atoms with E-state index in [1.807, 2.05) is 30.3 Å². The van der Waals surface area contributed by atoms with Gasteiger partial charge in [0.15, 0.2) is 6.10 Å². The molecule has 0 aromatic heterocycles. The largest absolute Gasteiger partial charge is 0.467 e. The van der Waals surface area contributed by atoms with Crippen molar-refractivity contribution >= 4 is 5.97 Å². The van der Waals surface area contributed by atoms with Crippen molar-refractivity contribution in [1.82, 2.24) is 0 Å². The van der Waals surface area contributed by atoms with E-state index >= 15 is 0 Å². The van der Waals surface area contributed by atoms with E-state index in [2.05, 4.69) is 4.74 Å². The molecule has 1 aromatic carbocycles. The highest BCUT2D eigenvalue weighted by atomic mass is 16.5. The van der Waals surface area contributed by atoms with Gasteiger partial charge < -0.3 is 14.9 Å². The highest BCUT2D eigenvalue weighted by Gasteiger charge is 2.14. The summed E-state index contributed by atoms with van der Waals surface area (Å²) >= 11 is 0. The van der Waals surface area contributed by atoms with Crippen LogP contribution in [0.25, 0.3) is 0 Å². The number of carbonyl (C=O) groups excluding carboxylic acids is 1. The predicted octanol–water partition coefficient (Wildman–Crippen LogP) is 2.46. The highest BCUT2D eigenvalue weighted by molar-refractivity contribution is 5.74. The second-order valence-corrected chi connectivity index (χ2v) is 5.36. The maximum Gasteiger partial charge on any atom is 0.334 e. The molecular weight excluding hydrogens is 268 g/mol. The Morgan fingerprint density at radius 3 is 2.33 bits per heavy atom. The van der Waals surface area contributed by atoms with Gasteiger partial charge in [0, 0.05) is 0 Å². The van der Waals surface area contributed by atoms with Crippen LogP contribution in [0.5, 0.6) is 0 Å². The average molecular weight is 294 g/mol. The summed E-state index contributed by atoms with van der Waals surface area (Å²) in [5, 5.41) is 18.2. The molecule has 1 aliphatic rings. The number of esters is 1. The van der Waals surface area contributed by atoms with Crippen molar-refractivity contribution in [3.8, 4) is 0 Å². The van der Waals surface area contributed by atoms with Crippen molar-refractivity contribution in [2.45, 2.75) is 57.2 Å². The third kappa shape index (κ3) is 7.83. The summed E-state index contributed by atoms with van der Waals surface area (Å²) in [7, 11) is 1.27. The molecule has 1 atom stereocenters. The molecule has 4 heteroatoms. The van der Waals surface area contributed by atoms with Crippen LogP contribution in [0.3, 0.4) is 0 Å². The van der Waals surface area contributed by atoms with E-state index in [1.165, 1.54) is 26.4 Å². The molecule has 2 N–H and O–H groups in total. The first-order chi connectivity index (χ1) is 10.1. The topological polar surface area (TPSA) is 66.8 Å². The number of benzene rings is 1. The van der Waals surface area contributed by atoms with Gasteiger partial charge in [0.2, 0.25) is 0 Å². The predicted molar refractivity (Wildman–Crippen MR) is 81.9 cm³/mol. The monoisotopic (exact) mass is 294 g/mol. The van der Waals surface area contributed by atoms with Crippen molar-refractivity contribution in [3.63, 3.8) is 0 Å². The van der Waals surface area contributed by atoms with Crippen LogP contribution in [0.15, 0.2) is 30.3 Å². The van der Waals surface area contributed by atoms with Gasteiger partial charge in [0.1, 0.15) is 0 Å². The molecule has 0 aliphatic heterocycles. The zero-order chi connectivity index (χ0) is 15.5. The number of hydrogen-bond acceptors (Lipinski definition) is 4. The molecule has 1 fully saturated rings. The zero-order valence-corrected chi connectivity index (χ0v) is 12.7. The second-order valence-electron chi connectivity index (χ2n) is 5.36. The minimum atomic E-state index is -1.01. The minimum absolute atomic E-state index is 0.0359. The Bertz CT molecular complexity index is 385. The van der Waals surface area contributed by atoms with Crippen molar-refractivity contribution in [3.05, 3.63) is 35.9 Å². The fourth-order valence-corrected chi connectivity index (χ4v) is 2.28. The summed E-state index contributed by atoms with van der Waals surface area (Å²) in [5.41, 5.74) is 1.11. The Balaban J connectivity index is 0.000000262. The number of rotatable bonds is 4. The van der Waals surface area contributed by atoms with Crippen LogP contribution in [-0.2, 0) is 16.0 Å². The van der Waals surface area contributed by atoms with Crippen molar-refractivity contribution in [1.29, 1.82) is 0 Å². The molecule has 2 rings (SSSR count). The number of hydrogen-bond donors (Lipinski definition) is 2. The first-order valence-electron chi connectivity index (χ1n) is 7.61. The molecule has 21 heavy (non-hydrogen) atoms. The number of aryl methyl sites for hydroxylation is 1. The minimum Gasteiger partial charge on any atom is -0.467 e. The van der Waals surface area contributed by atoms with Crippen LogP contribution < -0.4 is 0 Å². The fraction of sp³-hybridized carbons (Fsp3) is 0.588. The summed E-state index contributed by atoms with van der Waals surface area (Å²) < 4.78 is 4.41. The number of methoxy groups -OCH3 is 1. The van der Waals surface area contributed by atoms with Gasteiger partial charge in [0.25, 0.3) is 0 Å². The Morgan fingerprint density at radius 2 is 1.86 bits per heavy atom. The lowest BCUT2D eigenvalue weighted by Gasteiger charge is -2.14. The Hall–Kier alpha value is -1.39. The summed E-state index contributed by atoms with van der Waals surface area (Å²) in [4.78, 5) is 10.9. The van der Waals surface area contributed by atoms with Gasteiger partial charge in [-0.1, -0.05) is 49.6 Å². The average Bonchev–Trinajstić information content (AvgIpc) is 2.54. The Kier molecular flexibility index (Phi) is 8.71. The highest BCUT2D eigenvalue weighted by Crippen LogP contribution is 2.16. The van der Waals surface area contributed by atoms with E-state index in [0.717, 1.165) is 18.4 Å². The molecule has 1 saturated carbocycles. The first kappa shape index (κ1) is 17.7. The van der Waals surface area contributed by atoms with Crippen molar-refractivity contribution in [2.24, 2.45) is 0 Å². The summed E-state index contributed by atoms with van der Waals surface area (Å²) in [6.07, 6.45) is 5.99. The maximum absolute atomic E-state index is 10.9. The smallest absolute Gasteiger partial charge is 0.334 e. The van der Waals surface area contributed by atoms with Crippen molar-refractivity contribution < 1.29 is 19.7 Å². The summed E-state index contributed by atoms with van der Waals surface area (Å²) in [6.45, 7) is 0. The van der Waals surface area contributed by atoms with E-state index in [0.29, 0.717) is 12.8 Å². The number of aliphatic hydroxyl groups excluding tert-OH is 2. The number of ether oxygens (including phenoxy) is 1. The molecule has 1 aromatic rings. The standard InChI is InChI=1S/C11H14O3.C6H12O/c1-14-11(13)10(12)8-7-9-5-3-2-4-6-9;7-6-4-2-1-3-5-6/h2-6,10,12H,7-8H2,1H3;6-7H,1-5H2/t10-;/m0./s1. The molecule has 0 amide bonds. The van der Waals surface area contributed by atoms with E-state index in [1.54, 1.807) is 0 Å². The Morgan fingerprint density at radius 1 is 1.24 bits per heavy atom. The van der Waals surface area contributed by atoms with Gasteiger partial charge in [-0.15, -0.1) is 0 Å². The zero-order valence-electron chi connectivity index (χ0n) is 12.7. The molecule has 0 heterocycles. The Labute approximate surface area is 126 Å². The van der Waals surface area contributed by atoms with Crippen LogP contribution >= 0.6 is 0 Å². The first-order valence-corrected chi connectivity index (χ1v) is 7.61. The lowest BCUT2D eigenvalue weighted by Crippen LogP contribution is -2.22. The van der Waals surface area contributed by atoms with Gasteiger partial charge in [-0.3, -0.25) is 0 Å². The SMILES string of the molecule is COC(=O)[C@@H](O)CCc1ccccc1.OC1CCCCC1. The molecule has 1 aliphatic carbocycles. The van der Waals surface area contributed by atoms with E-state index in [9.17, 15) is 9.90 Å². The van der Waals surface area contributed by atoms with Crippen LogP contribution in [0, 0.1) is 0 Å². The molecule has 0 bridgehead atoms. The van der Waals surface area contributed by atoms with Gasteiger partial charge >= 0.3 is 5.97 Å². The number of carbonyl (C=O) groups is 1. The van der Waals surface area contributed by atoms with Gasteiger partial charge in [0.05, 0.1) is 13.2 Å². The van der Waals surface area contributed by atoms with Crippen LogP contribution in [0.1, 0.15) is 44.1 Å². The molecule has 0 radical (unpaired) electrons. The number of aliphatic hydroxyl groups is 2. The normalized spacial score (nSPS) is 16.5. The van der Waals surface area contributed by atoms with Gasteiger partial charge in [-0.2, -0.15) is 0 Å². The molecular formula is C17H26O4. The molecule has 0 saturated heterocycles. The fourth-order valence-electron chi connectivity index (χ4n) is 2.28. The van der Waals surface area contributed by atoms with Crippen molar-refractivity contribution in [2.75, 3.05) is 7.11 Å². The van der Waals surface area contributed by atoms with Gasteiger partial charge in [-0.25, -0.2) is 4.79 Å². The molecule has 0 spiro atoms. The third-order valence-electron chi connectivity index (χ3n) is 3.60. The van der Waals surface area contributed by atoms with E-state index < -0.39 is 12.1 Å². The van der Waals surface area contributed by atoms with Crippen LogP contribution in [-0.4, -0.2) is 35.5 Å². The second kappa shape index (κ2) is 10.4. The lowest BCUT2D eigenvalue weighted by atomic mass is 9.98. The molecule has 118 valence electrons. The van der Waals surface area contributed by atoms with E-state index in [4.69, 9.17) is 5.11 Å². The summed E-state index contributed by atoms with van der Waals surface area (Å²) in [5.74, 6) is -0.569. The quantitative estimate of drug-likeness (QED) is 0.837. The lowest BCUT2D eigenvalue weighted by molar-refractivity contribution is -0.150. The van der Waals surface area contributed by atoms with E-state index in [-0.39, 0.29) is 6.10 Å². The molecule has 0 unspecified atom stereocenters. The third-order valence-corrected chi connectivity index (χ3v) is 3.60. The summed E-state index contributed by atoms with van der Waals surface area (Å²) in [6, 6.07) is 9.72. The van der Waals surface area contributed by atoms with Crippen LogP contribution in [0.2, 0.25) is 0 Å². The molecule has 4 nitrogen and oxygen atoms in total.